The Balaban J connectivity index is 1.46. The van der Waals surface area contributed by atoms with E-state index in [0.29, 0.717) is 19.6 Å². The van der Waals surface area contributed by atoms with E-state index in [1.165, 1.54) is 5.56 Å². The van der Waals surface area contributed by atoms with E-state index in [1.54, 1.807) is 0 Å². The van der Waals surface area contributed by atoms with Crippen molar-refractivity contribution in [3.63, 3.8) is 0 Å². The van der Waals surface area contributed by atoms with Gasteiger partial charge in [0.1, 0.15) is 18.0 Å². The van der Waals surface area contributed by atoms with Gasteiger partial charge in [-0.25, -0.2) is 0 Å². The average Bonchev–Trinajstić information content (AvgIpc) is 2.72. The summed E-state index contributed by atoms with van der Waals surface area (Å²) in [5, 5.41) is 6.34. The fourth-order valence-corrected chi connectivity index (χ4v) is 3.76. The molecule has 1 amide bonds. The van der Waals surface area contributed by atoms with Crippen molar-refractivity contribution in [2.24, 2.45) is 0 Å². The molecule has 0 spiro atoms. The first-order chi connectivity index (χ1) is 13.2. The van der Waals surface area contributed by atoms with E-state index >= 15 is 0 Å². The van der Waals surface area contributed by atoms with Crippen LogP contribution in [0.25, 0.3) is 0 Å². The van der Waals surface area contributed by atoms with Crippen LogP contribution >= 0.6 is 0 Å². The molecule has 2 heterocycles. The number of nitrogens with one attached hydrogen (secondary N) is 2. The van der Waals surface area contributed by atoms with E-state index in [1.807, 2.05) is 36.4 Å². The molecule has 2 aliphatic heterocycles. The van der Waals surface area contributed by atoms with Crippen LogP contribution in [0, 0.1) is 0 Å². The third-order valence-electron chi connectivity index (χ3n) is 5.40. The summed E-state index contributed by atoms with van der Waals surface area (Å²) in [5.74, 6) is 0.925. The molecule has 0 bridgehead atoms. The Kier molecular flexibility index (Phi) is 5.41. The molecule has 2 aromatic carbocycles. The molecule has 0 saturated carbocycles. The van der Waals surface area contributed by atoms with E-state index in [9.17, 15) is 4.79 Å². The van der Waals surface area contributed by atoms with E-state index in [-0.39, 0.29) is 11.5 Å². The zero-order valence-corrected chi connectivity index (χ0v) is 15.5. The maximum atomic E-state index is 11.6. The van der Waals surface area contributed by atoms with E-state index in [2.05, 4.69) is 22.8 Å². The van der Waals surface area contributed by atoms with Crippen molar-refractivity contribution in [2.45, 2.75) is 37.9 Å². The molecule has 142 valence electrons. The fourth-order valence-electron chi connectivity index (χ4n) is 3.76. The first-order valence-electron chi connectivity index (χ1n) is 9.67. The topological polar surface area (TPSA) is 59.6 Å². The highest BCUT2D eigenvalue weighted by molar-refractivity contribution is 5.94. The lowest BCUT2D eigenvalue weighted by molar-refractivity contribution is -0.116. The number of carbonyl (C=O) groups excluding carboxylic acids is 1. The van der Waals surface area contributed by atoms with Crippen molar-refractivity contribution >= 4 is 11.6 Å². The highest BCUT2D eigenvalue weighted by atomic mass is 16.5. The summed E-state index contributed by atoms with van der Waals surface area (Å²) < 4.78 is 12.7. The van der Waals surface area contributed by atoms with Crippen molar-refractivity contribution < 1.29 is 14.3 Å². The Morgan fingerprint density at radius 3 is 2.59 bits per heavy atom. The smallest absolute Gasteiger partial charge is 0.224 e. The van der Waals surface area contributed by atoms with Gasteiger partial charge in [0.25, 0.3) is 0 Å². The van der Waals surface area contributed by atoms with Crippen LogP contribution < -0.4 is 15.4 Å². The van der Waals surface area contributed by atoms with Gasteiger partial charge in [-0.05, 0) is 50.0 Å². The van der Waals surface area contributed by atoms with E-state index in [0.717, 1.165) is 49.4 Å². The molecular weight excluding hydrogens is 340 g/mol. The number of hydrogen-bond donors (Lipinski definition) is 2. The molecular formula is C22H26N2O3. The monoisotopic (exact) mass is 366 g/mol. The summed E-state index contributed by atoms with van der Waals surface area (Å²) in [6, 6.07) is 16.1. The lowest BCUT2D eigenvalue weighted by Gasteiger charge is -2.37. The summed E-state index contributed by atoms with van der Waals surface area (Å²) in [4.78, 5) is 11.6. The molecule has 0 unspecified atom stereocenters. The normalized spacial score (nSPS) is 18.4. The van der Waals surface area contributed by atoms with Gasteiger partial charge in [0.15, 0.2) is 0 Å². The van der Waals surface area contributed by atoms with Gasteiger partial charge in [-0.15, -0.1) is 0 Å². The number of rotatable bonds is 6. The minimum absolute atomic E-state index is 0.0701. The number of ether oxygens (including phenoxy) is 2. The number of benzene rings is 2. The fraction of sp³-hybridized carbons (Fsp3) is 0.409. The van der Waals surface area contributed by atoms with Gasteiger partial charge in [-0.3, -0.25) is 4.79 Å². The number of anilines is 1. The van der Waals surface area contributed by atoms with Crippen LogP contribution in [0.4, 0.5) is 5.69 Å². The molecule has 27 heavy (non-hydrogen) atoms. The van der Waals surface area contributed by atoms with Gasteiger partial charge < -0.3 is 20.1 Å². The summed E-state index contributed by atoms with van der Waals surface area (Å²) in [6.07, 6.45) is 3.07. The van der Waals surface area contributed by atoms with Crippen LogP contribution in [-0.4, -0.2) is 31.2 Å². The second-order valence-electron chi connectivity index (χ2n) is 7.33. The van der Waals surface area contributed by atoms with Gasteiger partial charge in [-0.2, -0.15) is 0 Å². The Labute approximate surface area is 160 Å². The van der Waals surface area contributed by atoms with Crippen molar-refractivity contribution in [3.05, 3.63) is 59.7 Å². The third-order valence-corrected chi connectivity index (χ3v) is 5.40. The quantitative estimate of drug-likeness (QED) is 0.824. The third kappa shape index (κ3) is 4.31. The zero-order valence-electron chi connectivity index (χ0n) is 15.5. The Bertz CT molecular complexity index is 785. The van der Waals surface area contributed by atoms with E-state index in [4.69, 9.17) is 9.47 Å². The minimum atomic E-state index is -0.290. The molecule has 5 nitrogen and oxygen atoms in total. The Morgan fingerprint density at radius 1 is 0.963 bits per heavy atom. The van der Waals surface area contributed by atoms with Crippen molar-refractivity contribution in [1.82, 2.24) is 5.32 Å². The summed E-state index contributed by atoms with van der Waals surface area (Å²) in [5.41, 5.74) is 2.84. The standard InChI is InChI=1S/C22H26N2O3/c25-21-10-9-18-19(24-21)7-4-8-20(18)26-16-22(11-13-23-14-12-22)27-15-17-5-2-1-3-6-17/h1-8,23H,9-16H2,(H,24,25). The Morgan fingerprint density at radius 2 is 1.78 bits per heavy atom. The Hall–Kier alpha value is -2.37. The summed E-state index contributed by atoms with van der Waals surface area (Å²) in [6.45, 7) is 2.97. The van der Waals surface area contributed by atoms with E-state index < -0.39 is 0 Å². The van der Waals surface area contributed by atoms with Gasteiger partial charge >= 0.3 is 0 Å². The van der Waals surface area contributed by atoms with Gasteiger partial charge in [0.05, 0.1) is 6.61 Å². The van der Waals surface area contributed by atoms with Crippen molar-refractivity contribution in [3.8, 4) is 5.75 Å². The molecule has 0 aliphatic carbocycles. The number of hydrogen-bond acceptors (Lipinski definition) is 4. The molecule has 0 radical (unpaired) electrons. The number of piperidine rings is 1. The highest BCUT2D eigenvalue weighted by Gasteiger charge is 2.34. The van der Waals surface area contributed by atoms with Crippen LogP contribution in [-0.2, 0) is 22.6 Å². The first-order valence-corrected chi connectivity index (χ1v) is 9.67. The molecule has 5 heteroatoms. The number of amides is 1. The SMILES string of the molecule is O=C1CCc2c(cccc2OCC2(OCc3ccccc3)CCNCC2)N1. The average molecular weight is 366 g/mol. The van der Waals surface area contributed by atoms with Crippen LogP contribution in [0.1, 0.15) is 30.4 Å². The second kappa shape index (κ2) is 8.11. The summed E-state index contributed by atoms with van der Waals surface area (Å²) in [7, 11) is 0. The molecule has 2 aromatic rings. The van der Waals surface area contributed by atoms with Crippen LogP contribution in [0.2, 0.25) is 0 Å². The second-order valence-corrected chi connectivity index (χ2v) is 7.33. The van der Waals surface area contributed by atoms with Crippen molar-refractivity contribution in [2.75, 3.05) is 25.0 Å². The maximum absolute atomic E-state index is 11.6. The van der Waals surface area contributed by atoms with Gasteiger partial charge in [0, 0.05) is 17.7 Å². The minimum Gasteiger partial charge on any atom is -0.490 e. The molecule has 0 aromatic heterocycles. The van der Waals surface area contributed by atoms with Crippen LogP contribution in [0.3, 0.4) is 0 Å². The molecule has 1 saturated heterocycles. The van der Waals surface area contributed by atoms with Gasteiger partial charge in [0.2, 0.25) is 5.91 Å². The predicted octanol–water partition coefficient (Wildman–Crippen LogP) is 3.29. The summed E-state index contributed by atoms with van der Waals surface area (Å²) >= 11 is 0. The maximum Gasteiger partial charge on any atom is 0.224 e. The van der Waals surface area contributed by atoms with Crippen LogP contribution in [0.15, 0.2) is 48.5 Å². The predicted molar refractivity (Wildman–Crippen MR) is 105 cm³/mol. The first kappa shape index (κ1) is 18.0. The molecule has 4 rings (SSSR count). The van der Waals surface area contributed by atoms with Crippen molar-refractivity contribution in [1.29, 1.82) is 0 Å². The van der Waals surface area contributed by atoms with Gasteiger partial charge in [-0.1, -0.05) is 36.4 Å². The number of carbonyl (C=O) groups is 1. The molecule has 0 atom stereocenters. The molecule has 1 fully saturated rings. The number of fused-ring (bicyclic) bond motifs is 1. The lowest BCUT2D eigenvalue weighted by atomic mass is 9.92. The largest absolute Gasteiger partial charge is 0.490 e. The molecule has 2 N–H and O–H groups in total. The molecule has 2 aliphatic rings. The highest BCUT2D eigenvalue weighted by Crippen LogP contribution is 2.33. The van der Waals surface area contributed by atoms with Crippen LogP contribution in [0.5, 0.6) is 5.75 Å². The zero-order chi connectivity index (χ0) is 18.5. The lowest BCUT2D eigenvalue weighted by Crippen LogP contribution is -2.48.